The number of carbonyl (C=O) groups is 1. The molecule has 2 aromatic heterocycles. The molecule has 2 heterocycles. The van der Waals surface area contributed by atoms with E-state index in [1.165, 1.54) is 6.92 Å². The van der Waals surface area contributed by atoms with Crippen LogP contribution in [0.1, 0.15) is 12.5 Å². The molecular formula is C19H16N4O2. The van der Waals surface area contributed by atoms with Gasteiger partial charge in [0.1, 0.15) is 11.2 Å². The minimum Gasteiger partial charge on any atom is -0.436 e. The number of aromatic amines is 1. The van der Waals surface area contributed by atoms with E-state index >= 15 is 0 Å². The molecule has 1 amide bonds. The van der Waals surface area contributed by atoms with Crippen LogP contribution in [0, 0.1) is 6.92 Å². The fourth-order valence-corrected chi connectivity index (χ4v) is 2.77. The van der Waals surface area contributed by atoms with Crippen molar-refractivity contribution < 1.29 is 9.21 Å². The number of nitrogens with one attached hydrogen (secondary N) is 2. The molecule has 4 aromatic rings. The fraction of sp³-hybridized carbons (Fsp3) is 0.105. The normalized spacial score (nSPS) is 11.0. The number of H-pyrrole nitrogens is 1. The zero-order chi connectivity index (χ0) is 17.4. The van der Waals surface area contributed by atoms with Crippen LogP contribution in [-0.4, -0.2) is 21.1 Å². The number of amides is 1. The van der Waals surface area contributed by atoms with Gasteiger partial charge in [0.15, 0.2) is 5.58 Å². The summed E-state index contributed by atoms with van der Waals surface area (Å²) in [7, 11) is 0. The Balaban J connectivity index is 1.78. The summed E-state index contributed by atoms with van der Waals surface area (Å²) in [5.41, 5.74) is 5.74. The van der Waals surface area contributed by atoms with E-state index in [4.69, 9.17) is 4.42 Å². The zero-order valence-electron chi connectivity index (χ0n) is 13.8. The Hall–Kier alpha value is -3.41. The van der Waals surface area contributed by atoms with Gasteiger partial charge in [-0.25, -0.2) is 4.98 Å². The van der Waals surface area contributed by atoms with E-state index < -0.39 is 0 Å². The number of hydrogen-bond donors (Lipinski definition) is 2. The number of rotatable bonds is 3. The van der Waals surface area contributed by atoms with Crippen LogP contribution in [0.3, 0.4) is 0 Å². The smallest absolute Gasteiger partial charge is 0.231 e. The highest BCUT2D eigenvalue weighted by Gasteiger charge is 2.16. The molecule has 0 saturated heterocycles. The molecule has 2 aromatic carbocycles. The Morgan fingerprint density at radius 1 is 1.20 bits per heavy atom. The maximum Gasteiger partial charge on any atom is 0.231 e. The van der Waals surface area contributed by atoms with Gasteiger partial charge in [0.05, 0.1) is 5.56 Å². The molecule has 0 aliphatic rings. The first-order valence-electron chi connectivity index (χ1n) is 7.89. The average Bonchev–Trinajstić information content (AvgIpc) is 3.20. The molecule has 0 spiro atoms. The van der Waals surface area contributed by atoms with Crippen molar-refractivity contribution in [1.82, 2.24) is 15.2 Å². The molecule has 0 fully saturated rings. The van der Waals surface area contributed by atoms with Crippen molar-refractivity contribution in [3.05, 3.63) is 54.2 Å². The summed E-state index contributed by atoms with van der Waals surface area (Å²) >= 11 is 0. The number of anilines is 1. The zero-order valence-corrected chi connectivity index (χ0v) is 13.8. The Morgan fingerprint density at radius 3 is 2.92 bits per heavy atom. The monoisotopic (exact) mass is 332 g/mol. The van der Waals surface area contributed by atoms with Crippen LogP contribution in [0.25, 0.3) is 33.8 Å². The topological polar surface area (TPSA) is 83.8 Å². The molecule has 0 unspecified atom stereocenters. The maximum atomic E-state index is 11.3. The first kappa shape index (κ1) is 15.1. The van der Waals surface area contributed by atoms with E-state index in [9.17, 15) is 4.79 Å². The predicted octanol–water partition coefficient (Wildman–Crippen LogP) is 4.15. The first-order valence-corrected chi connectivity index (χ1v) is 7.89. The third-order valence-electron chi connectivity index (χ3n) is 3.87. The van der Waals surface area contributed by atoms with Gasteiger partial charge in [0.2, 0.25) is 11.8 Å². The molecule has 0 saturated carbocycles. The SMILES string of the molecule is CC(=O)Nc1cccc(-c2n[nH]cc2-c2nc3cc(C)ccc3o2)c1. The molecule has 124 valence electrons. The second kappa shape index (κ2) is 5.90. The standard InChI is InChI=1S/C19H16N4O2/c1-11-6-7-17-16(8-11)22-19(25-17)15-10-20-23-18(15)13-4-3-5-14(9-13)21-12(2)24/h3-10H,1-2H3,(H,20,23)(H,21,24). The van der Waals surface area contributed by atoms with Crippen LogP contribution in [0.5, 0.6) is 0 Å². The van der Waals surface area contributed by atoms with E-state index in [1.54, 1.807) is 6.20 Å². The largest absolute Gasteiger partial charge is 0.436 e. The quantitative estimate of drug-likeness (QED) is 0.590. The third kappa shape index (κ3) is 2.89. The van der Waals surface area contributed by atoms with Gasteiger partial charge in [-0.05, 0) is 36.8 Å². The van der Waals surface area contributed by atoms with Gasteiger partial charge in [-0.2, -0.15) is 5.10 Å². The van der Waals surface area contributed by atoms with Crippen LogP contribution in [0.15, 0.2) is 53.1 Å². The highest BCUT2D eigenvalue weighted by Crippen LogP contribution is 2.32. The molecule has 4 rings (SSSR count). The minimum atomic E-state index is -0.117. The van der Waals surface area contributed by atoms with Gasteiger partial charge in [0, 0.05) is 24.4 Å². The number of aromatic nitrogens is 3. The van der Waals surface area contributed by atoms with Crippen molar-refractivity contribution in [2.45, 2.75) is 13.8 Å². The predicted molar refractivity (Wildman–Crippen MR) is 96.1 cm³/mol. The number of aryl methyl sites for hydroxylation is 1. The summed E-state index contributed by atoms with van der Waals surface area (Å²) in [4.78, 5) is 15.8. The van der Waals surface area contributed by atoms with Gasteiger partial charge in [-0.1, -0.05) is 18.2 Å². The fourth-order valence-electron chi connectivity index (χ4n) is 2.77. The number of benzene rings is 2. The number of fused-ring (bicyclic) bond motifs is 1. The van der Waals surface area contributed by atoms with E-state index in [2.05, 4.69) is 20.5 Å². The second-order valence-electron chi connectivity index (χ2n) is 5.90. The lowest BCUT2D eigenvalue weighted by Gasteiger charge is -2.04. The molecular weight excluding hydrogens is 316 g/mol. The summed E-state index contributed by atoms with van der Waals surface area (Å²) in [6.45, 7) is 3.50. The third-order valence-corrected chi connectivity index (χ3v) is 3.87. The number of hydrogen-bond acceptors (Lipinski definition) is 4. The summed E-state index contributed by atoms with van der Waals surface area (Å²) in [5.74, 6) is 0.392. The second-order valence-corrected chi connectivity index (χ2v) is 5.90. The molecule has 0 aliphatic heterocycles. The van der Waals surface area contributed by atoms with Gasteiger partial charge < -0.3 is 9.73 Å². The molecule has 6 nitrogen and oxygen atoms in total. The van der Waals surface area contributed by atoms with Crippen LogP contribution in [0.2, 0.25) is 0 Å². The van der Waals surface area contributed by atoms with Crippen molar-refractivity contribution in [2.24, 2.45) is 0 Å². The number of carbonyl (C=O) groups excluding carboxylic acids is 1. The Labute approximate surface area is 143 Å². The summed E-state index contributed by atoms with van der Waals surface area (Å²) < 4.78 is 5.88. The molecule has 0 radical (unpaired) electrons. The lowest BCUT2D eigenvalue weighted by molar-refractivity contribution is -0.114. The van der Waals surface area contributed by atoms with Gasteiger partial charge >= 0.3 is 0 Å². The summed E-state index contributed by atoms with van der Waals surface area (Å²) in [5, 5.41) is 9.99. The molecule has 25 heavy (non-hydrogen) atoms. The van der Waals surface area contributed by atoms with Crippen molar-refractivity contribution in [3.63, 3.8) is 0 Å². The minimum absolute atomic E-state index is 0.117. The van der Waals surface area contributed by atoms with E-state index in [-0.39, 0.29) is 5.91 Å². The highest BCUT2D eigenvalue weighted by molar-refractivity contribution is 5.90. The van der Waals surface area contributed by atoms with Crippen molar-refractivity contribution in [1.29, 1.82) is 0 Å². The Morgan fingerprint density at radius 2 is 2.08 bits per heavy atom. The van der Waals surface area contributed by atoms with Crippen LogP contribution < -0.4 is 5.32 Å². The van der Waals surface area contributed by atoms with Gasteiger partial charge in [0.25, 0.3) is 0 Å². The van der Waals surface area contributed by atoms with Crippen molar-refractivity contribution in [2.75, 3.05) is 5.32 Å². The Bertz CT molecular complexity index is 1080. The van der Waals surface area contributed by atoms with E-state index in [1.807, 2.05) is 49.4 Å². The number of oxazole rings is 1. The lowest BCUT2D eigenvalue weighted by atomic mass is 10.1. The molecule has 6 heteroatoms. The highest BCUT2D eigenvalue weighted by atomic mass is 16.3. The Kier molecular flexibility index (Phi) is 3.57. The van der Waals surface area contributed by atoms with Crippen molar-refractivity contribution in [3.8, 4) is 22.7 Å². The van der Waals surface area contributed by atoms with Gasteiger partial charge in [-0.15, -0.1) is 0 Å². The first-order chi connectivity index (χ1) is 12.1. The molecule has 0 bridgehead atoms. The average molecular weight is 332 g/mol. The van der Waals surface area contributed by atoms with E-state index in [0.717, 1.165) is 33.5 Å². The summed E-state index contributed by atoms with van der Waals surface area (Å²) in [6.07, 6.45) is 1.76. The molecule has 2 N–H and O–H groups in total. The van der Waals surface area contributed by atoms with Crippen molar-refractivity contribution >= 4 is 22.7 Å². The number of nitrogens with zero attached hydrogens (tertiary/aromatic N) is 2. The van der Waals surface area contributed by atoms with Crippen LogP contribution in [0.4, 0.5) is 5.69 Å². The maximum absolute atomic E-state index is 11.3. The van der Waals surface area contributed by atoms with Crippen LogP contribution >= 0.6 is 0 Å². The van der Waals surface area contributed by atoms with Gasteiger partial charge in [-0.3, -0.25) is 9.89 Å². The molecule has 0 aliphatic carbocycles. The van der Waals surface area contributed by atoms with Crippen LogP contribution in [-0.2, 0) is 4.79 Å². The molecule has 0 atom stereocenters. The lowest BCUT2D eigenvalue weighted by Crippen LogP contribution is -2.05. The van der Waals surface area contributed by atoms with E-state index in [0.29, 0.717) is 11.6 Å². The summed E-state index contributed by atoms with van der Waals surface area (Å²) in [6, 6.07) is 13.4.